The fourth-order valence-electron chi connectivity index (χ4n) is 4.24. The van der Waals surface area contributed by atoms with Crippen molar-refractivity contribution >= 4 is 11.6 Å². The summed E-state index contributed by atoms with van der Waals surface area (Å²) < 4.78 is 0. The second-order valence-electron chi connectivity index (χ2n) is 7.00. The first-order chi connectivity index (χ1) is 11.2. The summed E-state index contributed by atoms with van der Waals surface area (Å²) in [4.78, 5) is 14.6. The minimum absolute atomic E-state index is 0.0357. The van der Waals surface area contributed by atoms with Gasteiger partial charge in [-0.2, -0.15) is 0 Å². The van der Waals surface area contributed by atoms with Gasteiger partial charge in [-0.1, -0.05) is 18.7 Å². The van der Waals surface area contributed by atoms with Crippen molar-refractivity contribution in [1.29, 1.82) is 0 Å². The third kappa shape index (κ3) is 2.76. The molecular weight excluding hydrogens is 286 g/mol. The molecule has 122 valence electrons. The molecule has 4 heteroatoms. The molecule has 23 heavy (non-hydrogen) atoms. The van der Waals surface area contributed by atoms with Crippen molar-refractivity contribution in [3.63, 3.8) is 0 Å². The Morgan fingerprint density at radius 1 is 1.13 bits per heavy atom. The van der Waals surface area contributed by atoms with Crippen molar-refractivity contribution in [3.8, 4) is 0 Å². The Labute approximate surface area is 137 Å². The van der Waals surface area contributed by atoms with Crippen molar-refractivity contribution in [3.05, 3.63) is 41.6 Å². The van der Waals surface area contributed by atoms with Crippen LogP contribution in [0.2, 0.25) is 0 Å². The maximum atomic E-state index is 12.3. The zero-order valence-corrected chi connectivity index (χ0v) is 13.6. The van der Waals surface area contributed by atoms with E-state index in [0.29, 0.717) is 5.92 Å². The van der Waals surface area contributed by atoms with Crippen LogP contribution in [0, 0.1) is 0 Å². The van der Waals surface area contributed by atoms with Gasteiger partial charge >= 0.3 is 0 Å². The number of hydrogen-bond acceptors (Lipinski definition) is 3. The van der Waals surface area contributed by atoms with Crippen molar-refractivity contribution in [2.45, 2.75) is 44.1 Å². The summed E-state index contributed by atoms with van der Waals surface area (Å²) in [6.07, 6.45) is 5.28. The Morgan fingerprint density at radius 2 is 1.96 bits per heavy atom. The number of nitrogens with one attached hydrogen (secondary N) is 2. The number of carbonyl (C=O) groups excluding carboxylic acids is 1. The fraction of sp³-hybridized carbons (Fsp3) is 0.526. The molecule has 3 heterocycles. The van der Waals surface area contributed by atoms with Crippen LogP contribution in [-0.4, -0.2) is 31.6 Å². The van der Waals surface area contributed by atoms with E-state index < -0.39 is 0 Å². The molecule has 1 aromatic carbocycles. The van der Waals surface area contributed by atoms with E-state index in [9.17, 15) is 4.79 Å². The quantitative estimate of drug-likeness (QED) is 0.881. The Kier molecular flexibility index (Phi) is 3.85. The lowest BCUT2D eigenvalue weighted by Gasteiger charge is -2.33. The van der Waals surface area contributed by atoms with Crippen molar-refractivity contribution in [1.82, 2.24) is 10.6 Å². The van der Waals surface area contributed by atoms with Gasteiger partial charge in [0.15, 0.2) is 0 Å². The largest absolute Gasteiger partial charge is 0.359 e. The molecule has 0 aliphatic carbocycles. The van der Waals surface area contributed by atoms with Crippen LogP contribution in [0.4, 0.5) is 5.69 Å². The maximum absolute atomic E-state index is 12.3. The molecule has 1 unspecified atom stereocenters. The number of hydrogen-bond donors (Lipinski definition) is 2. The van der Waals surface area contributed by atoms with E-state index in [1.54, 1.807) is 0 Å². The normalized spacial score (nSPS) is 25.4. The van der Waals surface area contributed by atoms with Crippen molar-refractivity contribution in [2.75, 3.05) is 24.5 Å². The fourth-order valence-corrected chi connectivity index (χ4v) is 4.24. The van der Waals surface area contributed by atoms with Crippen LogP contribution in [0.5, 0.6) is 0 Å². The standard InChI is InChI=1S/C19H25N3O/c1-13-2-4-18(19(23)21-13)22-11-8-16-12-15(3-5-17(16)22)14-6-9-20-10-7-14/h3,5,12,14,18,20H,1-2,4,6-11H2,(H,21,23). The lowest BCUT2D eigenvalue weighted by molar-refractivity contribution is -0.122. The van der Waals surface area contributed by atoms with E-state index >= 15 is 0 Å². The van der Waals surface area contributed by atoms with Crippen LogP contribution in [-0.2, 0) is 11.2 Å². The summed E-state index contributed by atoms with van der Waals surface area (Å²) in [6.45, 7) is 7.08. The first-order valence-electron chi connectivity index (χ1n) is 8.81. The van der Waals surface area contributed by atoms with Gasteiger partial charge in [-0.3, -0.25) is 4.79 Å². The van der Waals surface area contributed by atoms with Crippen molar-refractivity contribution in [2.24, 2.45) is 0 Å². The number of amides is 1. The SMILES string of the molecule is C=C1CCC(N2CCc3cc(C4CCNCC4)ccc32)C(=O)N1. The molecule has 4 nitrogen and oxygen atoms in total. The van der Waals surface area contributed by atoms with E-state index in [2.05, 4.69) is 40.3 Å². The van der Waals surface area contributed by atoms with E-state index in [4.69, 9.17) is 0 Å². The number of carbonyl (C=O) groups is 1. The monoisotopic (exact) mass is 311 g/mol. The highest BCUT2D eigenvalue weighted by atomic mass is 16.2. The van der Waals surface area contributed by atoms with Gasteiger partial charge in [-0.15, -0.1) is 0 Å². The van der Waals surface area contributed by atoms with Gasteiger partial charge < -0.3 is 15.5 Å². The van der Waals surface area contributed by atoms with Gasteiger partial charge in [0.05, 0.1) is 0 Å². The highest BCUT2D eigenvalue weighted by Crippen LogP contribution is 2.36. The molecule has 0 bridgehead atoms. The van der Waals surface area contributed by atoms with Crippen LogP contribution in [0.25, 0.3) is 0 Å². The van der Waals surface area contributed by atoms with Gasteiger partial charge in [0, 0.05) is 17.9 Å². The Balaban J connectivity index is 1.55. The van der Waals surface area contributed by atoms with Crippen LogP contribution in [0.15, 0.2) is 30.5 Å². The maximum Gasteiger partial charge on any atom is 0.246 e. The molecule has 0 saturated carbocycles. The highest BCUT2D eigenvalue weighted by Gasteiger charge is 2.33. The summed E-state index contributed by atoms with van der Waals surface area (Å²) in [6, 6.07) is 6.89. The van der Waals surface area contributed by atoms with Crippen LogP contribution in [0.1, 0.15) is 42.7 Å². The molecule has 2 saturated heterocycles. The van der Waals surface area contributed by atoms with Gasteiger partial charge in [0.2, 0.25) is 5.91 Å². The Bertz CT molecular complexity index is 634. The summed E-state index contributed by atoms with van der Waals surface area (Å²) >= 11 is 0. The number of piperidine rings is 2. The van der Waals surface area contributed by atoms with Gasteiger partial charge in [0.1, 0.15) is 6.04 Å². The minimum Gasteiger partial charge on any atom is -0.359 e. The third-order valence-corrected chi connectivity index (χ3v) is 5.54. The average Bonchev–Trinajstić information content (AvgIpc) is 2.99. The molecule has 0 spiro atoms. The summed E-state index contributed by atoms with van der Waals surface area (Å²) in [5, 5.41) is 6.35. The zero-order valence-electron chi connectivity index (χ0n) is 13.6. The van der Waals surface area contributed by atoms with Gasteiger partial charge in [-0.25, -0.2) is 0 Å². The lowest BCUT2D eigenvalue weighted by atomic mass is 9.89. The Hall–Kier alpha value is -1.81. The zero-order chi connectivity index (χ0) is 15.8. The number of anilines is 1. The third-order valence-electron chi connectivity index (χ3n) is 5.54. The molecule has 3 aliphatic heterocycles. The highest BCUT2D eigenvalue weighted by molar-refractivity contribution is 5.88. The molecule has 2 fully saturated rings. The first-order valence-corrected chi connectivity index (χ1v) is 8.81. The molecule has 3 aliphatic rings. The van der Waals surface area contributed by atoms with Crippen molar-refractivity contribution < 1.29 is 4.79 Å². The van der Waals surface area contributed by atoms with Gasteiger partial charge in [-0.05, 0) is 68.3 Å². The Morgan fingerprint density at radius 3 is 2.74 bits per heavy atom. The smallest absolute Gasteiger partial charge is 0.246 e. The molecule has 0 radical (unpaired) electrons. The number of allylic oxidation sites excluding steroid dienone is 1. The average molecular weight is 311 g/mol. The minimum atomic E-state index is -0.0357. The van der Waals surface area contributed by atoms with E-state index in [0.717, 1.165) is 44.6 Å². The number of fused-ring (bicyclic) bond motifs is 1. The molecular formula is C19H25N3O. The topological polar surface area (TPSA) is 44.4 Å². The number of benzene rings is 1. The number of nitrogens with zero attached hydrogens (tertiary/aromatic N) is 1. The second-order valence-corrected chi connectivity index (χ2v) is 7.00. The first kappa shape index (κ1) is 14.8. The molecule has 2 N–H and O–H groups in total. The predicted octanol–water partition coefficient (Wildman–Crippen LogP) is 2.31. The van der Waals surface area contributed by atoms with E-state index in [1.807, 2.05) is 0 Å². The summed E-state index contributed by atoms with van der Waals surface area (Å²) in [5.41, 5.74) is 5.01. The molecule has 0 aromatic heterocycles. The van der Waals surface area contributed by atoms with Gasteiger partial charge in [0.25, 0.3) is 0 Å². The van der Waals surface area contributed by atoms with Crippen LogP contribution in [0.3, 0.4) is 0 Å². The molecule has 1 atom stereocenters. The van der Waals surface area contributed by atoms with Crippen LogP contribution < -0.4 is 15.5 Å². The molecule has 1 aromatic rings. The van der Waals surface area contributed by atoms with E-state index in [-0.39, 0.29) is 11.9 Å². The summed E-state index contributed by atoms with van der Waals surface area (Å²) in [5.74, 6) is 0.799. The molecule has 1 amide bonds. The lowest BCUT2D eigenvalue weighted by Crippen LogP contribution is -2.49. The number of rotatable bonds is 2. The molecule has 4 rings (SSSR count). The van der Waals surface area contributed by atoms with E-state index in [1.165, 1.54) is 29.7 Å². The summed E-state index contributed by atoms with van der Waals surface area (Å²) in [7, 11) is 0. The van der Waals surface area contributed by atoms with Crippen LogP contribution >= 0.6 is 0 Å². The predicted molar refractivity (Wildman–Crippen MR) is 92.6 cm³/mol. The second kappa shape index (κ2) is 6.00.